The van der Waals surface area contributed by atoms with Gasteiger partial charge in [0, 0.05) is 116 Å². The second-order valence-corrected chi connectivity index (χ2v) is 23.1. The fourth-order valence-electron chi connectivity index (χ4n) is 10.4. The minimum Gasteiger partial charge on any atom is -0.497 e. The fraction of sp³-hybridized carbons (Fsp3) is 0.375. The topological polar surface area (TPSA) is 220 Å². The van der Waals surface area contributed by atoms with Gasteiger partial charge in [0.15, 0.2) is 0 Å². The first kappa shape index (κ1) is 69.8. The molecule has 0 bridgehead atoms. The highest BCUT2D eigenvalue weighted by Gasteiger charge is 2.42. The molecular formula is C72H79BrN10O11. The molecule has 0 spiro atoms. The monoisotopic (exact) mass is 1340 g/mol. The maximum absolute atomic E-state index is 12.9. The molecule has 3 saturated carbocycles. The first-order valence-electron chi connectivity index (χ1n) is 30.6. The third-order valence-corrected chi connectivity index (χ3v) is 16.4. The van der Waals surface area contributed by atoms with Gasteiger partial charge in [0.05, 0.1) is 85.8 Å². The van der Waals surface area contributed by atoms with E-state index in [1.807, 2.05) is 89.8 Å². The molecule has 0 unspecified atom stereocenters. The number of benzene rings is 2. The minimum absolute atomic E-state index is 0.0902. The largest absolute Gasteiger partial charge is 0.497 e. The Morgan fingerprint density at radius 2 is 0.851 bits per heavy atom. The van der Waals surface area contributed by atoms with Crippen LogP contribution in [0.4, 0.5) is 5.69 Å². The molecule has 6 aromatic heterocycles. The Labute approximate surface area is 556 Å². The first-order valence-corrected chi connectivity index (χ1v) is 31.7. The number of pyridine rings is 3. The van der Waals surface area contributed by atoms with Crippen molar-refractivity contribution in [1.29, 1.82) is 0 Å². The van der Waals surface area contributed by atoms with Gasteiger partial charge in [-0.15, -0.1) is 40.5 Å². The molecule has 6 heterocycles. The summed E-state index contributed by atoms with van der Waals surface area (Å²) in [5, 5.41) is 13.4. The van der Waals surface area contributed by atoms with E-state index >= 15 is 0 Å². The maximum atomic E-state index is 12.9. The lowest BCUT2D eigenvalue weighted by atomic mass is 10.1. The normalized spacial score (nSPS) is 16.7. The average Bonchev–Trinajstić information content (AvgIpc) is 1.66. The van der Waals surface area contributed by atoms with E-state index in [2.05, 4.69) is 63.9 Å². The zero-order valence-corrected chi connectivity index (χ0v) is 55.9. The van der Waals surface area contributed by atoms with Crippen molar-refractivity contribution in [2.75, 3.05) is 72.1 Å². The van der Waals surface area contributed by atoms with Gasteiger partial charge in [-0.3, -0.25) is 29.3 Å². The molecule has 0 radical (unpaired) electrons. The number of aryl methyl sites for hydroxylation is 6. The molecule has 94 heavy (non-hydrogen) atoms. The van der Waals surface area contributed by atoms with Gasteiger partial charge < -0.3 is 42.8 Å². The third-order valence-electron chi connectivity index (χ3n) is 16.1. The number of alkyl halides is 1. The number of hydrogen-bond donors (Lipinski definition) is 0. The third kappa shape index (κ3) is 19.9. The molecular weight excluding hydrogens is 1260 g/mol. The number of methoxy groups -OCH3 is 5. The van der Waals surface area contributed by atoms with E-state index in [1.165, 1.54) is 14.0 Å². The summed E-state index contributed by atoms with van der Waals surface area (Å²) >= 11 is 3.01. The molecule has 11 rings (SSSR count). The molecule has 2 aromatic carbocycles. The van der Waals surface area contributed by atoms with E-state index in [1.54, 1.807) is 93.5 Å². The van der Waals surface area contributed by atoms with Crippen molar-refractivity contribution in [2.24, 2.45) is 38.9 Å². The van der Waals surface area contributed by atoms with Gasteiger partial charge in [-0.1, -0.05) is 52.0 Å². The Bertz CT molecular complexity index is 4070. The lowest BCUT2D eigenvalue weighted by molar-refractivity contribution is 0.277. The van der Waals surface area contributed by atoms with Crippen LogP contribution in [0.2, 0.25) is 0 Å². The van der Waals surface area contributed by atoms with Crippen molar-refractivity contribution in [2.45, 2.75) is 69.2 Å². The van der Waals surface area contributed by atoms with E-state index < -0.39 is 0 Å². The van der Waals surface area contributed by atoms with Gasteiger partial charge >= 0.3 is 0 Å². The first-order chi connectivity index (χ1) is 45.6. The molecule has 3 aliphatic rings. The van der Waals surface area contributed by atoms with E-state index in [0.717, 1.165) is 82.6 Å². The van der Waals surface area contributed by atoms with Gasteiger partial charge in [-0.05, 0) is 110 Å². The SMILES string of the molecule is C#CCBr.C#CCCc1cc(OC[C@H]2C[C@@H]2c2ccc(OC)cn2)nn(C)c1=O.C#CCN(Cc1ccc(OC)cc1)c1cc(OC[C@H]2C[C@@H]2c2ccc(OC)cn2)nn(C)c1=O.COc1ccc(CCc2cc(OC[C@H]3C[C@@H]3c3ccc(OC)cn3)nn(C)c2=O)cc1. The molecule has 22 heteroatoms. The van der Waals surface area contributed by atoms with Crippen LogP contribution in [0.5, 0.6) is 46.4 Å². The summed E-state index contributed by atoms with van der Waals surface area (Å²) in [7, 11) is 13.1. The second-order valence-electron chi connectivity index (χ2n) is 22.6. The van der Waals surface area contributed by atoms with Crippen LogP contribution in [0.15, 0.2) is 136 Å². The summed E-state index contributed by atoms with van der Waals surface area (Å²) in [6, 6.07) is 32.5. The van der Waals surface area contributed by atoms with Crippen LogP contribution < -0.4 is 59.5 Å². The molecule has 0 N–H and O–H groups in total. The van der Waals surface area contributed by atoms with Crippen molar-refractivity contribution in [1.82, 2.24) is 44.3 Å². The predicted molar refractivity (Wildman–Crippen MR) is 363 cm³/mol. The summed E-state index contributed by atoms with van der Waals surface area (Å²) in [6.45, 7) is 2.36. The number of ether oxygens (including phenoxy) is 8. The highest BCUT2D eigenvalue weighted by Crippen LogP contribution is 2.49. The van der Waals surface area contributed by atoms with Crippen molar-refractivity contribution in [3.8, 4) is 83.4 Å². The molecule has 0 saturated heterocycles. The number of hydrogen-bond acceptors (Lipinski definition) is 18. The summed E-state index contributed by atoms with van der Waals surface area (Å²) in [5.74, 6) is 15.0. The van der Waals surface area contributed by atoms with Crippen molar-refractivity contribution >= 4 is 21.6 Å². The number of aromatic nitrogens is 9. The van der Waals surface area contributed by atoms with Crippen molar-refractivity contribution in [3.05, 3.63) is 192 Å². The molecule has 8 aromatic rings. The molecule has 6 atom stereocenters. The molecule has 490 valence electrons. The zero-order valence-electron chi connectivity index (χ0n) is 54.3. The average molecular weight is 1340 g/mol. The van der Waals surface area contributed by atoms with Crippen molar-refractivity contribution in [3.63, 3.8) is 0 Å². The molecule has 21 nitrogen and oxygen atoms in total. The Kier molecular flexibility index (Phi) is 25.6. The van der Waals surface area contributed by atoms with Crippen molar-refractivity contribution < 1.29 is 37.9 Å². The number of anilines is 1. The lowest BCUT2D eigenvalue weighted by Gasteiger charge is -2.22. The lowest BCUT2D eigenvalue weighted by Crippen LogP contribution is -2.32. The number of halogens is 1. The Morgan fingerprint density at radius 3 is 1.21 bits per heavy atom. The molecule has 0 amide bonds. The summed E-state index contributed by atoms with van der Waals surface area (Å²) in [4.78, 5) is 52.6. The minimum atomic E-state index is -0.233. The highest BCUT2D eigenvalue weighted by atomic mass is 79.9. The number of nitrogens with zero attached hydrogens (tertiary/aromatic N) is 10. The second kappa shape index (κ2) is 34.5. The van der Waals surface area contributed by atoms with Crippen LogP contribution in [-0.4, -0.2) is 112 Å². The summed E-state index contributed by atoms with van der Waals surface area (Å²) in [6.07, 6.45) is 26.3. The van der Waals surface area contributed by atoms with E-state index in [-0.39, 0.29) is 23.2 Å². The van der Waals surface area contributed by atoms with Crippen LogP contribution in [0.1, 0.15) is 82.8 Å². The smallest absolute Gasteiger partial charge is 0.290 e. The maximum Gasteiger partial charge on any atom is 0.290 e. The van der Waals surface area contributed by atoms with Gasteiger partial charge in [0.2, 0.25) is 17.6 Å². The van der Waals surface area contributed by atoms with Gasteiger partial charge in [0.25, 0.3) is 16.7 Å². The Balaban J connectivity index is 0.000000177. The summed E-state index contributed by atoms with van der Waals surface area (Å²) in [5.41, 5.74) is 6.63. The number of rotatable bonds is 26. The van der Waals surface area contributed by atoms with Crippen LogP contribution in [0, 0.1) is 54.8 Å². The number of terminal acetylenes is 3. The molecule has 3 aliphatic carbocycles. The fourth-order valence-corrected chi connectivity index (χ4v) is 10.4. The highest BCUT2D eigenvalue weighted by molar-refractivity contribution is 9.09. The Morgan fingerprint density at radius 1 is 0.479 bits per heavy atom. The predicted octanol–water partition coefficient (Wildman–Crippen LogP) is 9.12. The van der Waals surface area contributed by atoms with E-state index in [9.17, 15) is 14.4 Å². The standard InChI is InChI=1S/C26H28N4O4.C24H27N3O4.C19H21N3O3.C3H3Br/c1-5-12-30(16-18-6-8-20(32-3)9-7-18)24-14-25(28-29(2)26(24)31)34-17-19-13-22(19)23-11-10-21(33-4)15-27-23;1-27-24(28)17(7-4-16-5-8-19(29-2)9-6-16)13-23(26-27)31-15-18-12-21(18)22-11-10-20(30-3)14-25-22;1-4-5-6-13-10-18(21-22(2)19(13)23)25-12-14-9-16(14)17-8-7-15(24-3)11-20-17;1-2-3-4/h1,6-11,14-15,19,22H,12-13,16-17H2,2-4H3;5-6,8-11,13-14,18,21H,4,7,12,15H2,1-3H3;1,7-8,10-11,14,16H,5-6,9,12H2,2-3H3;1H,3H2/t19-,22+;18-,21+;14-,16+;/m111./s1. The molecule has 0 aliphatic heterocycles. The molecule has 3 fully saturated rings. The summed E-state index contributed by atoms with van der Waals surface area (Å²) < 4.78 is 47.6. The van der Waals surface area contributed by atoms with Crippen LogP contribution >= 0.6 is 15.9 Å². The van der Waals surface area contributed by atoms with Crippen LogP contribution in [0.3, 0.4) is 0 Å². The zero-order chi connectivity index (χ0) is 67.1. The van der Waals surface area contributed by atoms with Gasteiger partial charge in [-0.25, -0.2) is 14.0 Å². The van der Waals surface area contributed by atoms with Crippen LogP contribution in [0.25, 0.3) is 0 Å². The van der Waals surface area contributed by atoms with Crippen LogP contribution in [-0.2, 0) is 47.0 Å². The van der Waals surface area contributed by atoms with Gasteiger partial charge in [0.1, 0.15) is 34.4 Å². The van der Waals surface area contributed by atoms with Gasteiger partial charge in [-0.2, -0.15) is 0 Å². The Hall–Kier alpha value is -10.1. The van der Waals surface area contributed by atoms with E-state index in [4.69, 9.17) is 57.2 Å². The van der Waals surface area contributed by atoms with E-state index in [0.29, 0.717) is 121 Å². The quantitative estimate of drug-likeness (QED) is 0.0364.